The Morgan fingerprint density at radius 3 is 2.65 bits per heavy atom. The third-order valence-corrected chi connectivity index (χ3v) is 5.22. The van der Waals surface area contributed by atoms with Crippen LogP contribution in [0.25, 0.3) is 22.2 Å². The maximum atomic E-state index is 13.3. The van der Waals surface area contributed by atoms with E-state index >= 15 is 0 Å². The molecule has 0 N–H and O–H groups in total. The van der Waals surface area contributed by atoms with Gasteiger partial charge in [0.25, 0.3) is 0 Å². The number of esters is 1. The zero-order valence-electron chi connectivity index (χ0n) is 19.1. The van der Waals surface area contributed by atoms with Crippen molar-refractivity contribution in [2.75, 3.05) is 20.8 Å². The maximum absolute atomic E-state index is 13.3. The van der Waals surface area contributed by atoms with Gasteiger partial charge in [-0.15, -0.1) is 0 Å². The van der Waals surface area contributed by atoms with Crippen molar-refractivity contribution < 1.29 is 28.0 Å². The van der Waals surface area contributed by atoms with Crippen LogP contribution in [-0.4, -0.2) is 42.2 Å². The molecule has 0 aliphatic carbocycles. The van der Waals surface area contributed by atoms with Crippen molar-refractivity contribution in [3.05, 3.63) is 71.9 Å². The molecule has 4 rings (SSSR count). The molecule has 0 radical (unpaired) electrons. The Morgan fingerprint density at radius 2 is 1.94 bits per heavy atom. The number of aromatic nitrogens is 2. The van der Waals surface area contributed by atoms with Crippen LogP contribution in [0.4, 0.5) is 4.39 Å². The fraction of sp³-hybridized carbons (Fsp3) is 0.240. The van der Waals surface area contributed by atoms with E-state index in [1.54, 1.807) is 37.6 Å². The van der Waals surface area contributed by atoms with E-state index in [2.05, 4.69) is 10.3 Å². The number of carbonyl (C=O) groups excluding carboxylic acids is 1. The summed E-state index contributed by atoms with van der Waals surface area (Å²) in [6.45, 7) is 2.63. The predicted octanol–water partition coefficient (Wildman–Crippen LogP) is 5.06. The van der Waals surface area contributed by atoms with Crippen LogP contribution in [0.3, 0.4) is 0 Å². The molecule has 0 atom stereocenters. The molecule has 0 unspecified atom stereocenters. The fourth-order valence-corrected chi connectivity index (χ4v) is 3.50. The van der Waals surface area contributed by atoms with E-state index in [1.165, 1.54) is 19.2 Å². The molecule has 2 heterocycles. The van der Waals surface area contributed by atoms with Gasteiger partial charge in [0.15, 0.2) is 5.76 Å². The number of benzene rings is 2. The molecule has 2 aromatic heterocycles. The number of methoxy groups -OCH3 is 2. The highest BCUT2D eigenvalue weighted by molar-refractivity contribution is 6.06. The van der Waals surface area contributed by atoms with Crippen LogP contribution < -0.4 is 4.74 Å². The smallest absolute Gasteiger partial charge is 0.340 e. The van der Waals surface area contributed by atoms with E-state index in [-0.39, 0.29) is 12.4 Å². The molecule has 0 bridgehead atoms. The zero-order chi connectivity index (χ0) is 24.1. The lowest BCUT2D eigenvalue weighted by Gasteiger charge is -2.08. The van der Waals surface area contributed by atoms with Gasteiger partial charge >= 0.3 is 5.97 Å². The number of carbonyl (C=O) groups is 1. The summed E-state index contributed by atoms with van der Waals surface area (Å²) in [4.78, 5) is 17.8. The van der Waals surface area contributed by atoms with Gasteiger partial charge in [0.05, 0.1) is 31.8 Å². The minimum atomic E-state index is -0.451. The summed E-state index contributed by atoms with van der Waals surface area (Å²) in [5.74, 6) is 0.244. The Labute approximate surface area is 195 Å². The molecule has 0 aliphatic rings. The Bertz CT molecular complexity index is 1320. The third kappa shape index (κ3) is 4.78. The SMILES string of the molecule is CCCON=C(Cn1cc(C(=O)OC)c2ccc(OC)cc21)c1cc(-c2ccc(F)cc2)no1. The van der Waals surface area contributed by atoms with E-state index in [0.717, 1.165) is 11.9 Å². The molecule has 0 saturated heterocycles. The first-order valence-electron chi connectivity index (χ1n) is 10.7. The van der Waals surface area contributed by atoms with Crippen molar-refractivity contribution in [1.82, 2.24) is 9.72 Å². The predicted molar refractivity (Wildman–Crippen MR) is 125 cm³/mol. The first kappa shape index (κ1) is 23.0. The van der Waals surface area contributed by atoms with Gasteiger partial charge in [-0.05, 0) is 42.8 Å². The summed E-state index contributed by atoms with van der Waals surface area (Å²) in [6.07, 6.45) is 2.48. The van der Waals surface area contributed by atoms with Crippen LogP contribution in [0.2, 0.25) is 0 Å². The van der Waals surface area contributed by atoms with Gasteiger partial charge in [0, 0.05) is 29.3 Å². The number of ether oxygens (including phenoxy) is 2. The topological polar surface area (TPSA) is 88.1 Å². The highest BCUT2D eigenvalue weighted by Crippen LogP contribution is 2.27. The van der Waals surface area contributed by atoms with E-state index < -0.39 is 5.97 Å². The van der Waals surface area contributed by atoms with Crippen molar-refractivity contribution in [3.8, 4) is 17.0 Å². The maximum Gasteiger partial charge on any atom is 0.340 e. The van der Waals surface area contributed by atoms with Gasteiger partial charge in [0.2, 0.25) is 0 Å². The van der Waals surface area contributed by atoms with Crippen molar-refractivity contribution in [2.45, 2.75) is 19.9 Å². The molecule has 9 heteroatoms. The fourth-order valence-electron chi connectivity index (χ4n) is 3.50. The summed E-state index contributed by atoms with van der Waals surface area (Å²) in [7, 11) is 2.92. The molecule has 8 nitrogen and oxygen atoms in total. The van der Waals surface area contributed by atoms with Gasteiger partial charge in [-0.25, -0.2) is 9.18 Å². The Morgan fingerprint density at radius 1 is 1.15 bits per heavy atom. The number of oxime groups is 1. The lowest BCUT2D eigenvalue weighted by Crippen LogP contribution is -2.11. The van der Waals surface area contributed by atoms with Crippen LogP contribution in [0, 0.1) is 5.82 Å². The van der Waals surface area contributed by atoms with Crippen LogP contribution in [0.1, 0.15) is 29.5 Å². The molecule has 4 aromatic rings. The first-order chi connectivity index (χ1) is 16.5. The van der Waals surface area contributed by atoms with E-state index in [1.807, 2.05) is 23.6 Å². The molecule has 0 spiro atoms. The molecular formula is C25H24FN3O5. The second kappa shape index (κ2) is 10.2. The molecule has 0 saturated carbocycles. The quantitative estimate of drug-likeness (QED) is 0.149. The lowest BCUT2D eigenvalue weighted by atomic mass is 10.1. The summed E-state index contributed by atoms with van der Waals surface area (Å²) >= 11 is 0. The normalized spacial score (nSPS) is 11.6. The summed E-state index contributed by atoms with van der Waals surface area (Å²) < 4.78 is 31.0. The number of hydrogen-bond donors (Lipinski definition) is 0. The van der Waals surface area contributed by atoms with Crippen molar-refractivity contribution in [2.24, 2.45) is 5.16 Å². The third-order valence-electron chi connectivity index (χ3n) is 5.22. The van der Waals surface area contributed by atoms with Gasteiger partial charge in [-0.3, -0.25) is 0 Å². The number of halogens is 1. The molecule has 2 aromatic carbocycles. The largest absolute Gasteiger partial charge is 0.497 e. The average molecular weight is 465 g/mol. The van der Waals surface area contributed by atoms with E-state index in [4.69, 9.17) is 18.8 Å². The first-order valence-corrected chi connectivity index (χ1v) is 10.7. The van der Waals surface area contributed by atoms with Crippen LogP contribution in [0.5, 0.6) is 5.75 Å². The lowest BCUT2D eigenvalue weighted by molar-refractivity contribution is 0.0602. The van der Waals surface area contributed by atoms with Crippen LogP contribution >= 0.6 is 0 Å². The Hall–Kier alpha value is -4.14. The molecule has 0 aliphatic heterocycles. The van der Waals surface area contributed by atoms with Crippen molar-refractivity contribution >= 4 is 22.6 Å². The highest BCUT2D eigenvalue weighted by atomic mass is 19.1. The van der Waals surface area contributed by atoms with E-state index in [0.29, 0.717) is 46.0 Å². The van der Waals surface area contributed by atoms with Crippen molar-refractivity contribution in [1.29, 1.82) is 0 Å². The van der Waals surface area contributed by atoms with Gasteiger partial charge in [0.1, 0.15) is 29.6 Å². The molecule has 0 amide bonds. The minimum absolute atomic E-state index is 0.225. The second-order valence-electron chi connectivity index (χ2n) is 7.50. The highest BCUT2D eigenvalue weighted by Gasteiger charge is 2.20. The molecule has 34 heavy (non-hydrogen) atoms. The van der Waals surface area contributed by atoms with Crippen molar-refractivity contribution in [3.63, 3.8) is 0 Å². The number of nitrogens with zero attached hydrogens (tertiary/aromatic N) is 3. The number of hydrogen-bond acceptors (Lipinski definition) is 7. The molecular weight excluding hydrogens is 441 g/mol. The van der Waals surface area contributed by atoms with Crippen LogP contribution in [0.15, 0.2) is 64.4 Å². The standard InChI is InChI=1S/C25H24FN3O5/c1-4-11-33-27-22(24-13-21(28-34-24)16-5-7-17(26)8-6-16)15-29-14-20(25(30)32-3)19-10-9-18(31-2)12-23(19)29/h5-10,12-14H,4,11,15H2,1-3H3. The van der Waals surface area contributed by atoms with Gasteiger partial charge in [-0.2, -0.15) is 0 Å². The molecule has 176 valence electrons. The summed E-state index contributed by atoms with van der Waals surface area (Å²) in [5, 5.41) is 9.10. The Balaban J connectivity index is 1.74. The number of rotatable bonds is 9. The van der Waals surface area contributed by atoms with Gasteiger partial charge < -0.3 is 23.4 Å². The Kier molecular flexibility index (Phi) is 6.91. The monoisotopic (exact) mass is 465 g/mol. The van der Waals surface area contributed by atoms with Gasteiger partial charge in [-0.1, -0.05) is 17.2 Å². The molecule has 0 fully saturated rings. The van der Waals surface area contributed by atoms with E-state index in [9.17, 15) is 9.18 Å². The summed E-state index contributed by atoms with van der Waals surface area (Å²) in [5.41, 5.74) is 2.87. The minimum Gasteiger partial charge on any atom is -0.497 e. The second-order valence-corrected chi connectivity index (χ2v) is 7.50. The number of fused-ring (bicyclic) bond motifs is 1. The average Bonchev–Trinajstić information content (AvgIpc) is 3.49. The van der Waals surface area contributed by atoms with Crippen LogP contribution in [-0.2, 0) is 16.1 Å². The summed E-state index contributed by atoms with van der Waals surface area (Å²) in [6, 6.07) is 13.1. The zero-order valence-corrected chi connectivity index (χ0v) is 19.1.